The molecule has 0 spiro atoms. The number of anilines is 2. The van der Waals surface area contributed by atoms with E-state index in [-0.39, 0.29) is 29.3 Å². The van der Waals surface area contributed by atoms with E-state index in [1.54, 1.807) is 4.90 Å². The maximum Gasteiger partial charge on any atom is 0.257 e. The molecule has 0 radical (unpaired) electrons. The Morgan fingerprint density at radius 3 is 2.81 bits per heavy atom. The fourth-order valence-corrected chi connectivity index (χ4v) is 3.95. The van der Waals surface area contributed by atoms with Crippen LogP contribution in [0.1, 0.15) is 18.1 Å². The second-order valence-corrected chi connectivity index (χ2v) is 7.58. The number of hydrogen-bond donors (Lipinski definition) is 2. The highest BCUT2D eigenvalue weighted by Crippen LogP contribution is 2.36. The third kappa shape index (κ3) is 2.60. The number of carbonyl (C=O) groups excluding carboxylic acids is 1. The van der Waals surface area contributed by atoms with E-state index in [1.165, 1.54) is 6.07 Å². The van der Waals surface area contributed by atoms with E-state index < -0.39 is 27.7 Å². The van der Waals surface area contributed by atoms with Gasteiger partial charge in [-0.3, -0.25) is 4.79 Å². The highest BCUT2D eigenvalue weighted by Gasteiger charge is 2.31. The van der Waals surface area contributed by atoms with Crippen molar-refractivity contribution in [2.24, 2.45) is 0 Å². The Kier molecular flexibility index (Phi) is 3.37. The number of sulfone groups is 1. The fraction of sp³-hybridized carbons (Fsp3) is 0.462. The zero-order valence-corrected chi connectivity index (χ0v) is 12.0. The lowest BCUT2D eigenvalue weighted by Crippen LogP contribution is -2.27. The molecule has 1 aromatic carbocycles. The summed E-state index contributed by atoms with van der Waals surface area (Å²) in [6.07, 6.45) is -0.915. The quantitative estimate of drug-likeness (QED) is 0.785. The molecular weight excluding hydrogens is 299 g/mol. The maximum absolute atomic E-state index is 14.2. The standard InChI is InChI=1S/C13H15FN2O4S/c14-9-6-8-10(15-13(18)12(8)17)7-11(9)16-2-1-4-21(19,20)5-3-16/h6-7,12,17H,1-5H2,(H,15,18). The normalized spacial score (nSPS) is 24.4. The molecule has 6 nitrogen and oxygen atoms in total. The number of nitrogens with one attached hydrogen (secondary N) is 1. The van der Waals surface area contributed by atoms with Crippen molar-refractivity contribution < 1.29 is 22.7 Å². The zero-order chi connectivity index (χ0) is 15.2. The number of halogens is 1. The molecule has 2 N–H and O–H groups in total. The summed E-state index contributed by atoms with van der Waals surface area (Å²) in [6, 6.07) is 2.59. The summed E-state index contributed by atoms with van der Waals surface area (Å²) in [7, 11) is -3.08. The number of fused-ring (bicyclic) bond motifs is 1. The molecule has 21 heavy (non-hydrogen) atoms. The number of amides is 1. The Morgan fingerprint density at radius 2 is 2.05 bits per heavy atom. The van der Waals surface area contributed by atoms with Gasteiger partial charge in [0.25, 0.3) is 5.91 Å². The third-order valence-electron chi connectivity index (χ3n) is 3.82. The number of hydrogen-bond acceptors (Lipinski definition) is 5. The third-order valence-corrected chi connectivity index (χ3v) is 5.53. The van der Waals surface area contributed by atoms with Crippen LogP contribution in [-0.4, -0.2) is 44.0 Å². The summed E-state index contributed by atoms with van der Waals surface area (Å²) in [5.74, 6) is -1.06. The molecule has 2 aliphatic rings. The van der Waals surface area contributed by atoms with Crippen molar-refractivity contribution in [3.8, 4) is 0 Å². The van der Waals surface area contributed by atoms with E-state index in [0.29, 0.717) is 18.7 Å². The van der Waals surface area contributed by atoms with Gasteiger partial charge >= 0.3 is 0 Å². The highest BCUT2D eigenvalue weighted by atomic mass is 32.2. The van der Waals surface area contributed by atoms with Crippen LogP contribution in [0.15, 0.2) is 12.1 Å². The molecule has 0 saturated carbocycles. The summed E-state index contributed by atoms with van der Waals surface area (Å²) in [5, 5.41) is 12.1. The van der Waals surface area contributed by atoms with Gasteiger partial charge in [-0.05, 0) is 18.6 Å². The molecule has 1 unspecified atom stereocenters. The Labute approximate surface area is 121 Å². The van der Waals surface area contributed by atoms with Crippen molar-refractivity contribution >= 4 is 27.1 Å². The molecule has 0 aliphatic carbocycles. The fourth-order valence-electron chi connectivity index (χ4n) is 2.68. The summed E-state index contributed by atoms with van der Waals surface area (Å²) in [5.41, 5.74) is 0.833. The molecule has 1 atom stereocenters. The van der Waals surface area contributed by atoms with Crippen molar-refractivity contribution in [2.45, 2.75) is 12.5 Å². The number of carbonyl (C=O) groups is 1. The summed E-state index contributed by atoms with van der Waals surface area (Å²) < 4.78 is 37.4. The van der Waals surface area contributed by atoms with Crippen molar-refractivity contribution in [1.82, 2.24) is 0 Å². The number of aliphatic hydroxyl groups excluding tert-OH is 1. The molecule has 1 amide bonds. The minimum Gasteiger partial charge on any atom is -0.378 e. The minimum atomic E-state index is -3.08. The van der Waals surface area contributed by atoms with Gasteiger partial charge < -0.3 is 15.3 Å². The molecular formula is C13H15FN2O4S. The first kappa shape index (κ1) is 14.3. The van der Waals surface area contributed by atoms with Crippen molar-refractivity contribution in [1.29, 1.82) is 0 Å². The van der Waals surface area contributed by atoms with Crippen LogP contribution in [0.2, 0.25) is 0 Å². The Bertz CT molecular complexity index is 704. The number of benzene rings is 1. The van der Waals surface area contributed by atoms with E-state index in [4.69, 9.17) is 0 Å². The predicted octanol–water partition coefficient (Wildman–Crippen LogP) is 0.436. The SMILES string of the molecule is O=C1Nc2cc(N3CCCS(=O)(=O)CC3)c(F)cc2C1O. The van der Waals surface area contributed by atoms with Gasteiger partial charge in [0.15, 0.2) is 15.9 Å². The first-order chi connectivity index (χ1) is 9.87. The highest BCUT2D eigenvalue weighted by molar-refractivity contribution is 7.91. The van der Waals surface area contributed by atoms with Gasteiger partial charge in [0.05, 0.1) is 17.2 Å². The van der Waals surface area contributed by atoms with Gasteiger partial charge in [-0.1, -0.05) is 0 Å². The maximum atomic E-state index is 14.2. The molecule has 1 aromatic rings. The van der Waals surface area contributed by atoms with Gasteiger partial charge in [0.1, 0.15) is 5.82 Å². The lowest BCUT2D eigenvalue weighted by molar-refractivity contribution is -0.123. The molecule has 3 rings (SSSR count). The lowest BCUT2D eigenvalue weighted by Gasteiger charge is -2.23. The van der Waals surface area contributed by atoms with Crippen LogP contribution in [0.5, 0.6) is 0 Å². The first-order valence-corrected chi connectivity index (χ1v) is 8.47. The predicted molar refractivity (Wildman–Crippen MR) is 75.5 cm³/mol. The zero-order valence-electron chi connectivity index (χ0n) is 11.2. The number of aliphatic hydroxyl groups is 1. The topological polar surface area (TPSA) is 86.7 Å². The summed E-state index contributed by atoms with van der Waals surface area (Å²) in [4.78, 5) is 13.1. The largest absolute Gasteiger partial charge is 0.378 e. The van der Waals surface area contributed by atoms with E-state index >= 15 is 0 Å². The minimum absolute atomic E-state index is 0.0154. The number of nitrogens with zero attached hydrogens (tertiary/aromatic N) is 1. The van der Waals surface area contributed by atoms with Crippen LogP contribution < -0.4 is 10.2 Å². The van der Waals surface area contributed by atoms with E-state index in [9.17, 15) is 22.7 Å². The van der Waals surface area contributed by atoms with E-state index in [1.807, 2.05) is 0 Å². The Hall–Kier alpha value is -1.67. The summed E-state index contributed by atoms with van der Waals surface area (Å²) >= 11 is 0. The van der Waals surface area contributed by atoms with E-state index in [2.05, 4.69) is 5.32 Å². The summed E-state index contributed by atoms with van der Waals surface area (Å²) in [6.45, 7) is 0.653. The van der Waals surface area contributed by atoms with Gasteiger partial charge in [-0.2, -0.15) is 0 Å². The number of rotatable bonds is 1. The second-order valence-electron chi connectivity index (χ2n) is 5.28. The van der Waals surface area contributed by atoms with Crippen LogP contribution in [0, 0.1) is 5.82 Å². The van der Waals surface area contributed by atoms with Crippen LogP contribution in [0.25, 0.3) is 0 Å². The lowest BCUT2D eigenvalue weighted by atomic mass is 10.1. The molecule has 2 aliphatic heterocycles. The van der Waals surface area contributed by atoms with Gasteiger partial charge in [0.2, 0.25) is 0 Å². The van der Waals surface area contributed by atoms with Gasteiger partial charge in [-0.15, -0.1) is 0 Å². The van der Waals surface area contributed by atoms with Crippen LogP contribution in [0.4, 0.5) is 15.8 Å². The molecule has 114 valence electrons. The second kappa shape index (κ2) is 4.96. The van der Waals surface area contributed by atoms with Crippen LogP contribution in [0.3, 0.4) is 0 Å². The van der Waals surface area contributed by atoms with Gasteiger partial charge in [0, 0.05) is 24.3 Å². The Morgan fingerprint density at radius 1 is 1.29 bits per heavy atom. The molecule has 1 saturated heterocycles. The molecule has 2 heterocycles. The Balaban J connectivity index is 1.93. The van der Waals surface area contributed by atoms with Crippen molar-refractivity contribution in [3.63, 3.8) is 0 Å². The van der Waals surface area contributed by atoms with Crippen LogP contribution >= 0.6 is 0 Å². The molecule has 8 heteroatoms. The monoisotopic (exact) mass is 314 g/mol. The van der Waals surface area contributed by atoms with Crippen molar-refractivity contribution in [3.05, 3.63) is 23.5 Å². The average Bonchev–Trinajstić information content (AvgIpc) is 2.59. The van der Waals surface area contributed by atoms with Crippen molar-refractivity contribution in [2.75, 3.05) is 34.8 Å². The smallest absolute Gasteiger partial charge is 0.257 e. The van der Waals surface area contributed by atoms with Gasteiger partial charge in [-0.25, -0.2) is 12.8 Å². The molecule has 1 fully saturated rings. The molecule has 0 bridgehead atoms. The molecule has 0 aromatic heterocycles. The first-order valence-electron chi connectivity index (χ1n) is 6.65. The van der Waals surface area contributed by atoms with Crippen LogP contribution in [-0.2, 0) is 14.6 Å². The average molecular weight is 314 g/mol. The van der Waals surface area contributed by atoms with E-state index in [0.717, 1.165) is 6.07 Å².